The molecule has 0 aromatic heterocycles. The summed E-state index contributed by atoms with van der Waals surface area (Å²) in [7, 11) is 0. The van der Waals surface area contributed by atoms with Crippen LogP contribution in [0.4, 0.5) is 10.1 Å². The Bertz CT molecular complexity index is 348. The third-order valence-electron chi connectivity index (χ3n) is 3.25. The van der Waals surface area contributed by atoms with Crippen LogP contribution in [0.1, 0.15) is 24.8 Å². The molecule has 16 heavy (non-hydrogen) atoms. The molecule has 1 aromatic rings. The van der Waals surface area contributed by atoms with Gasteiger partial charge in [0.25, 0.3) is 0 Å². The van der Waals surface area contributed by atoms with Gasteiger partial charge in [0.15, 0.2) is 0 Å². The van der Waals surface area contributed by atoms with Crippen LogP contribution in [-0.4, -0.2) is 13.2 Å². The lowest BCUT2D eigenvalue weighted by atomic mass is 9.93. The van der Waals surface area contributed by atoms with E-state index >= 15 is 0 Å². The highest BCUT2D eigenvalue weighted by atomic mass is 19.1. The average molecular weight is 223 g/mol. The van der Waals surface area contributed by atoms with Crippen molar-refractivity contribution < 1.29 is 9.13 Å². The topological polar surface area (TPSA) is 35.2 Å². The second-order valence-corrected chi connectivity index (χ2v) is 4.45. The van der Waals surface area contributed by atoms with Crippen molar-refractivity contribution in [3.8, 4) is 0 Å². The highest BCUT2D eigenvalue weighted by molar-refractivity contribution is 5.41. The summed E-state index contributed by atoms with van der Waals surface area (Å²) in [6, 6.07) is 5.11. The molecule has 0 amide bonds. The molecule has 0 radical (unpaired) electrons. The first-order valence-electron chi connectivity index (χ1n) is 5.87. The van der Waals surface area contributed by atoms with Crippen LogP contribution in [0.2, 0.25) is 0 Å². The molecule has 0 unspecified atom stereocenters. The van der Waals surface area contributed by atoms with Crippen LogP contribution in [0, 0.1) is 11.7 Å². The van der Waals surface area contributed by atoms with Crippen LogP contribution in [0.15, 0.2) is 18.2 Å². The molecule has 1 aliphatic rings. The SMILES string of the molecule is Nc1ccc(CCC2CCOCC2)cc1F. The molecule has 0 atom stereocenters. The van der Waals surface area contributed by atoms with Crippen molar-refractivity contribution in [2.75, 3.05) is 18.9 Å². The first-order valence-corrected chi connectivity index (χ1v) is 5.87. The van der Waals surface area contributed by atoms with E-state index in [1.54, 1.807) is 12.1 Å². The predicted molar refractivity (Wildman–Crippen MR) is 62.7 cm³/mol. The molecule has 1 aromatic carbocycles. The largest absolute Gasteiger partial charge is 0.396 e. The van der Waals surface area contributed by atoms with Crippen molar-refractivity contribution in [2.24, 2.45) is 5.92 Å². The smallest absolute Gasteiger partial charge is 0.146 e. The molecule has 88 valence electrons. The molecule has 1 fully saturated rings. The number of hydrogen-bond donors (Lipinski definition) is 1. The van der Waals surface area contributed by atoms with Gasteiger partial charge in [-0.25, -0.2) is 4.39 Å². The van der Waals surface area contributed by atoms with Gasteiger partial charge in [0, 0.05) is 13.2 Å². The van der Waals surface area contributed by atoms with Crippen molar-refractivity contribution in [1.82, 2.24) is 0 Å². The summed E-state index contributed by atoms with van der Waals surface area (Å²) in [6.07, 6.45) is 4.32. The quantitative estimate of drug-likeness (QED) is 0.800. The van der Waals surface area contributed by atoms with Gasteiger partial charge >= 0.3 is 0 Å². The minimum absolute atomic E-state index is 0.231. The summed E-state index contributed by atoms with van der Waals surface area (Å²) in [4.78, 5) is 0. The van der Waals surface area contributed by atoms with Crippen molar-refractivity contribution >= 4 is 5.69 Å². The maximum atomic E-state index is 13.2. The highest BCUT2D eigenvalue weighted by Gasteiger charge is 2.13. The van der Waals surface area contributed by atoms with Crippen LogP contribution in [-0.2, 0) is 11.2 Å². The lowest BCUT2D eigenvalue weighted by Crippen LogP contribution is -2.16. The van der Waals surface area contributed by atoms with E-state index in [4.69, 9.17) is 10.5 Å². The number of halogens is 1. The maximum absolute atomic E-state index is 13.2. The molecule has 3 heteroatoms. The van der Waals surface area contributed by atoms with Gasteiger partial charge in [0.2, 0.25) is 0 Å². The van der Waals surface area contributed by atoms with Gasteiger partial charge in [-0.2, -0.15) is 0 Å². The van der Waals surface area contributed by atoms with Crippen LogP contribution in [0.3, 0.4) is 0 Å². The van der Waals surface area contributed by atoms with Gasteiger partial charge in [0.05, 0.1) is 5.69 Å². The Morgan fingerprint density at radius 2 is 2.06 bits per heavy atom. The third-order valence-corrected chi connectivity index (χ3v) is 3.25. The van der Waals surface area contributed by atoms with E-state index in [0.29, 0.717) is 0 Å². The van der Waals surface area contributed by atoms with Gasteiger partial charge < -0.3 is 10.5 Å². The fourth-order valence-electron chi connectivity index (χ4n) is 2.13. The maximum Gasteiger partial charge on any atom is 0.146 e. The number of nitrogen functional groups attached to an aromatic ring is 1. The first-order chi connectivity index (χ1) is 7.75. The lowest BCUT2D eigenvalue weighted by molar-refractivity contribution is 0.0640. The Hall–Kier alpha value is -1.09. The predicted octanol–water partition coefficient (Wildman–Crippen LogP) is 2.77. The number of rotatable bonds is 3. The summed E-state index contributed by atoms with van der Waals surface area (Å²) in [5, 5.41) is 0. The molecule has 2 nitrogen and oxygen atoms in total. The lowest BCUT2D eigenvalue weighted by Gasteiger charge is -2.21. The Morgan fingerprint density at radius 1 is 1.31 bits per heavy atom. The van der Waals surface area contributed by atoms with Gasteiger partial charge in [-0.05, 0) is 49.3 Å². The van der Waals surface area contributed by atoms with Crippen LogP contribution < -0.4 is 5.73 Å². The normalized spacial score (nSPS) is 17.6. The summed E-state index contributed by atoms with van der Waals surface area (Å²) in [5.74, 6) is 0.429. The van der Waals surface area contributed by atoms with Crippen molar-refractivity contribution in [1.29, 1.82) is 0 Å². The second kappa shape index (κ2) is 5.30. The molecule has 0 bridgehead atoms. The van der Waals surface area contributed by atoms with E-state index in [0.717, 1.165) is 50.4 Å². The van der Waals surface area contributed by atoms with Crippen LogP contribution in [0.5, 0.6) is 0 Å². The number of ether oxygens (including phenoxy) is 1. The van der Waals surface area contributed by atoms with E-state index in [1.165, 1.54) is 0 Å². The van der Waals surface area contributed by atoms with Crippen molar-refractivity contribution in [3.05, 3.63) is 29.6 Å². The number of anilines is 1. The zero-order valence-electron chi connectivity index (χ0n) is 9.42. The summed E-state index contributed by atoms with van der Waals surface area (Å²) < 4.78 is 18.5. The van der Waals surface area contributed by atoms with E-state index < -0.39 is 0 Å². The standard InChI is InChI=1S/C13H18FNO/c14-12-9-11(3-4-13(12)15)2-1-10-5-7-16-8-6-10/h3-4,9-10H,1-2,5-8,15H2. The zero-order valence-corrected chi connectivity index (χ0v) is 9.42. The number of nitrogens with two attached hydrogens (primary N) is 1. The van der Waals surface area contributed by atoms with E-state index in [-0.39, 0.29) is 11.5 Å². The molecule has 1 saturated heterocycles. The average Bonchev–Trinajstić information content (AvgIpc) is 2.32. The molecule has 2 N–H and O–H groups in total. The minimum atomic E-state index is -0.301. The van der Waals surface area contributed by atoms with Crippen molar-refractivity contribution in [3.63, 3.8) is 0 Å². The Balaban J connectivity index is 1.86. The minimum Gasteiger partial charge on any atom is -0.396 e. The molecule has 0 spiro atoms. The molecular weight excluding hydrogens is 205 g/mol. The van der Waals surface area contributed by atoms with Gasteiger partial charge in [-0.3, -0.25) is 0 Å². The third kappa shape index (κ3) is 2.95. The molecule has 0 aliphatic carbocycles. The van der Waals surface area contributed by atoms with Gasteiger partial charge in [-0.1, -0.05) is 6.07 Å². The molecule has 1 heterocycles. The van der Waals surface area contributed by atoms with Crippen LogP contribution in [0.25, 0.3) is 0 Å². The fourth-order valence-corrected chi connectivity index (χ4v) is 2.13. The Kier molecular flexibility index (Phi) is 3.78. The van der Waals surface area contributed by atoms with E-state index in [2.05, 4.69) is 0 Å². The summed E-state index contributed by atoms with van der Waals surface area (Å²) in [6.45, 7) is 1.75. The molecular formula is C13H18FNO. The number of hydrogen-bond acceptors (Lipinski definition) is 2. The Labute approximate surface area is 95.6 Å². The second-order valence-electron chi connectivity index (χ2n) is 4.45. The summed E-state index contributed by atoms with van der Waals surface area (Å²) in [5.41, 5.74) is 6.71. The zero-order chi connectivity index (χ0) is 11.4. The van der Waals surface area contributed by atoms with Crippen LogP contribution >= 0.6 is 0 Å². The molecule has 1 aliphatic heterocycles. The van der Waals surface area contributed by atoms with E-state index in [1.807, 2.05) is 6.07 Å². The Morgan fingerprint density at radius 3 is 2.75 bits per heavy atom. The summed E-state index contributed by atoms with van der Waals surface area (Å²) >= 11 is 0. The molecule has 2 rings (SSSR count). The first kappa shape index (κ1) is 11.4. The fraction of sp³-hybridized carbons (Fsp3) is 0.538. The number of aryl methyl sites for hydroxylation is 1. The number of benzene rings is 1. The molecule has 0 saturated carbocycles. The van der Waals surface area contributed by atoms with E-state index in [9.17, 15) is 4.39 Å². The van der Waals surface area contributed by atoms with Gasteiger partial charge in [0.1, 0.15) is 5.82 Å². The van der Waals surface area contributed by atoms with Gasteiger partial charge in [-0.15, -0.1) is 0 Å². The monoisotopic (exact) mass is 223 g/mol. The van der Waals surface area contributed by atoms with Crippen molar-refractivity contribution in [2.45, 2.75) is 25.7 Å². The highest BCUT2D eigenvalue weighted by Crippen LogP contribution is 2.21.